The van der Waals surface area contributed by atoms with Crippen molar-refractivity contribution in [3.05, 3.63) is 0 Å². The minimum atomic E-state index is -1.39. The van der Waals surface area contributed by atoms with Gasteiger partial charge in [-0.2, -0.15) is 0 Å². The quantitative estimate of drug-likeness (QED) is 0.274. The first-order valence-electron chi connectivity index (χ1n) is 5.16. The molecule has 0 spiro atoms. The zero-order valence-corrected chi connectivity index (χ0v) is 16.9. The predicted molar refractivity (Wildman–Crippen MR) is 90.0 cm³/mol. The lowest BCUT2D eigenvalue weighted by molar-refractivity contribution is 0.137. The molecule has 0 saturated heterocycles. The zero-order valence-electron chi connectivity index (χ0n) is 9.72. The molecule has 0 amide bonds. The first-order chi connectivity index (χ1) is 8.67. The molecule has 0 aromatic rings. The highest BCUT2D eigenvalue weighted by molar-refractivity contribution is 9.10. The summed E-state index contributed by atoms with van der Waals surface area (Å²) in [6, 6.07) is 0. The normalized spacial score (nSPS) is 12.3. The van der Waals surface area contributed by atoms with Crippen LogP contribution in [0, 0.1) is 5.41 Å². The largest absolute Gasteiger partial charge is 0.332 e. The van der Waals surface area contributed by atoms with E-state index in [1.165, 1.54) is 0 Å². The molecule has 0 atom stereocenters. The van der Waals surface area contributed by atoms with Crippen LogP contribution in [-0.2, 0) is 13.6 Å². The van der Waals surface area contributed by atoms with E-state index in [9.17, 15) is 0 Å². The van der Waals surface area contributed by atoms with Crippen molar-refractivity contribution in [3.8, 4) is 0 Å². The number of rotatable bonds is 12. The minimum Gasteiger partial charge on any atom is -0.312 e. The van der Waals surface area contributed by atoms with Gasteiger partial charge in [0.2, 0.25) is 0 Å². The van der Waals surface area contributed by atoms with E-state index < -0.39 is 8.60 Å². The van der Waals surface area contributed by atoms with Gasteiger partial charge < -0.3 is 13.6 Å². The molecule has 0 radical (unpaired) electrons. The summed E-state index contributed by atoms with van der Waals surface area (Å²) < 4.78 is 16.5. The van der Waals surface area contributed by atoms with Crippen molar-refractivity contribution in [2.75, 3.05) is 47.6 Å². The van der Waals surface area contributed by atoms with Gasteiger partial charge in [0, 0.05) is 33.2 Å². The monoisotopic (exact) mass is 510 g/mol. The number of alkyl halides is 5. The van der Waals surface area contributed by atoms with Crippen LogP contribution in [-0.4, -0.2) is 47.6 Å². The van der Waals surface area contributed by atoms with Crippen LogP contribution in [0.1, 0.15) is 0 Å². The van der Waals surface area contributed by atoms with Crippen molar-refractivity contribution >= 4 is 79.6 Å². The number of halogens is 5. The van der Waals surface area contributed by atoms with Gasteiger partial charge in [-0.25, -0.2) is 0 Å². The van der Waals surface area contributed by atoms with Crippen molar-refractivity contribution in [2.24, 2.45) is 5.41 Å². The standard InChI is InChI=1S/C9H16Br3Cl2O3P/c10-5-9(6-11,7-12)8-17-18(15-3-1-13)16-4-2-14/h1-8H2. The van der Waals surface area contributed by atoms with E-state index in [0.29, 0.717) is 31.6 Å². The molecule has 3 nitrogen and oxygen atoms in total. The fourth-order valence-corrected chi connectivity index (χ4v) is 5.47. The minimum absolute atomic E-state index is 0.0325. The molecule has 0 unspecified atom stereocenters. The van der Waals surface area contributed by atoms with Crippen LogP contribution in [0.25, 0.3) is 0 Å². The Bertz CT molecular complexity index is 186. The molecule has 0 aliphatic carbocycles. The maximum absolute atomic E-state index is 5.70. The second-order valence-electron chi connectivity index (χ2n) is 3.44. The van der Waals surface area contributed by atoms with Crippen LogP contribution in [0.4, 0.5) is 0 Å². The van der Waals surface area contributed by atoms with Gasteiger partial charge in [-0.05, 0) is 0 Å². The highest BCUT2D eigenvalue weighted by Crippen LogP contribution is 2.42. The van der Waals surface area contributed by atoms with E-state index in [1.54, 1.807) is 0 Å². The first-order valence-corrected chi connectivity index (χ1v) is 10.7. The Balaban J connectivity index is 4.19. The third-order valence-electron chi connectivity index (χ3n) is 1.87. The molecule has 0 aromatic carbocycles. The lowest BCUT2D eigenvalue weighted by Crippen LogP contribution is -2.32. The molecular weight excluding hydrogens is 498 g/mol. The van der Waals surface area contributed by atoms with E-state index in [1.807, 2.05) is 0 Å². The second kappa shape index (κ2) is 13.0. The molecule has 0 bridgehead atoms. The van der Waals surface area contributed by atoms with Gasteiger partial charge in [-0.15, -0.1) is 23.2 Å². The van der Waals surface area contributed by atoms with Crippen LogP contribution in [0.2, 0.25) is 0 Å². The molecule has 0 saturated carbocycles. The van der Waals surface area contributed by atoms with Gasteiger partial charge in [0.15, 0.2) is 0 Å². The molecular formula is C9H16Br3Cl2O3P. The van der Waals surface area contributed by atoms with Gasteiger partial charge in [-0.3, -0.25) is 0 Å². The van der Waals surface area contributed by atoms with E-state index in [-0.39, 0.29) is 5.41 Å². The Morgan fingerprint density at radius 1 is 0.833 bits per heavy atom. The smallest absolute Gasteiger partial charge is 0.312 e. The average molecular weight is 514 g/mol. The third-order valence-corrected chi connectivity index (χ3v) is 6.88. The topological polar surface area (TPSA) is 27.7 Å². The van der Waals surface area contributed by atoms with E-state index >= 15 is 0 Å². The van der Waals surface area contributed by atoms with Crippen LogP contribution in [0.15, 0.2) is 0 Å². The van der Waals surface area contributed by atoms with Gasteiger partial charge in [0.1, 0.15) is 0 Å². The van der Waals surface area contributed by atoms with Crippen molar-refractivity contribution < 1.29 is 13.6 Å². The molecule has 9 heteroatoms. The second-order valence-corrected chi connectivity index (χ2v) is 7.10. The van der Waals surface area contributed by atoms with Crippen LogP contribution in [0.5, 0.6) is 0 Å². The fourth-order valence-electron chi connectivity index (χ4n) is 0.742. The van der Waals surface area contributed by atoms with Crippen LogP contribution in [0.3, 0.4) is 0 Å². The first kappa shape index (κ1) is 20.3. The van der Waals surface area contributed by atoms with Gasteiger partial charge in [0.25, 0.3) is 0 Å². The van der Waals surface area contributed by atoms with E-state index in [4.69, 9.17) is 36.8 Å². The molecule has 0 aliphatic rings. The molecule has 18 heavy (non-hydrogen) atoms. The summed E-state index contributed by atoms with van der Waals surface area (Å²) in [7, 11) is -1.39. The summed E-state index contributed by atoms with van der Waals surface area (Å²) in [6.45, 7) is 1.32. The molecule has 0 rings (SSSR count). The summed E-state index contributed by atoms with van der Waals surface area (Å²) >= 11 is 21.6. The molecule has 0 aliphatic heterocycles. The molecule has 0 heterocycles. The van der Waals surface area contributed by atoms with Crippen molar-refractivity contribution in [1.82, 2.24) is 0 Å². The zero-order chi connectivity index (χ0) is 13.9. The Morgan fingerprint density at radius 2 is 1.28 bits per heavy atom. The highest BCUT2D eigenvalue weighted by Gasteiger charge is 2.29. The molecule has 0 N–H and O–H groups in total. The Labute approximate surface area is 145 Å². The summed E-state index contributed by atoms with van der Waals surface area (Å²) in [5.41, 5.74) is -0.0325. The predicted octanol–water partition coefficient (Wildman–Crippen LogP) is 4.91. The van der Waals surface area contributed by atoms with E-state index in [0.717, 1.165) is 16.0 Å². The van der Waals surface area contributed by atoms with Crippen LogP contribution < -0.4 is 0 Å². The lowest BCUT2D eigenvalue weighted by Gasteiger charge is -2.28. The maximum atomic E-state index is 5.70. The van der Waals surface area contributed by atoms with Gasteiger partial charge in [0.05, 0.1) is 19.8 Å². The molecule has 110 valence electrons. The van der Waals surface area contributed by atoms with E-state index in [2.05, 4.69) is 47.8 Å². The van der Waals surface area contributed by atoms with Crippen molar-refractivity contribution in [3.63, 3.8) is 0 Å². The number of hydrogen-bond donors (Lipinski definition) is 0. The summed E-state index contributed by atoms with van der Waals surface area (Å²) in [5.74, 6) is 0.819. The fraction of sp³-hybridized carbons (Fsp3) is 1.00. The highest BCUT2D eigenvalue weighted by atomic mass is 79.9. The Kier molecular flexibility index (Phi) is 14.7. The van der Waals surface area contributed by atoms with Crippen molar-refractivity contribution in [1.29, 1.82) is 0 Å². The van der Waals surface area contributed by atoms with Crippen LogP contribution >= 0.6 is 79.6 Å². The SMILES string of the molecule is ClCCOP(OCCCl)OCC(CBr)(CBr)CBr. The molecule has 0 aromatic heterocycles. The average Bonchev–Trinajstić information content (AvgIpc) is 2.42. The summed E-state index contributed by atoms with van der Waals surface area (Å²) in [5, 5.41) is 2.43. The summed E-state index contributed by atoms with van der Waals surface area (Å²) in [4.78, 5) is 0. The Hall–Kier alpha value is 2.33. The van der Waals surface area contributed by atoms with Gasteiger partial charge >= 0.3 is 8.60 Å². The number of hydrogen-bond acceptors (Lipinski definition) is 3. The molecule has 0 fully saturated rings. The summed E-state index contributed by atoms with van der Waals surface area (Å²) in [6.07, 6.45) is 0. The third kappa shape index (κ3) is 8.58. The van der Waals surface area contributed by atoms with Gasteiger partial charge in [-0.1, -0.05) is 47.8 Å². The van der Waals surface area contributed by atoms with Crippen molar-refractivity contribution in [2.45, 2.75) is 0 Å². The Morgan fingerprint density at radius 3 is 1.61 bits per heavy atom. The lowest BCUT2D eigenvalue weighted by atomic mass is 9.98. The maximum Gasteiger partial charge on any atom is 0.332 e.